The predicted molar refractivity (Wildman–Crippen MR) is 129 cm³/mol. The molecule has 7 nitrogen and oxygen atoms in total. The summed E-state index contributed by atoms with van der Waals surface area (Å²) in [6.45, 7) is 1.52. The van der Waals surface area contributed by atoms with Crippen molar-refractivity contribution in [1.29, 1.82) is 0 Å². The first-order valence-corrected chi connectivity index (χ1v) is 12.5. The lowest BCUT2D eigenvalue weighted by Gasteiger charge is -2.23. The summed E-state index contributed by atoms with van der Waals surface area (Å²) in [6, 6.07) is 18.3. The molecule has 4 aromatic rings. The van der Waals surface area contributed by atoms with Crippen LogP contribution in [0.3, 0.4) is 0 Å². The van der Waals surface area contributed by atoms with Crippen molar-refractivity contribution < 1.29 is 40.6 Å². The number of carboxylic acids is 1. The number of carboxylic acid groups (broad SMARTS) is 1. The number of hydrogen-bond acceptors (Lipinski definition) is 5. The maximum absolute atomic E-state index is 13.7. The highest BCUT2D eigenvalue weighted by molar-refractivity contribution is 7.89. The van der Waals surface area contributed by atoms with Crippen LogP contribution >= 0.6 is 0 Å². The summed E-state index contributed by atoms with van der Waals surface area (Å²) in [5.41, 5.74) is 1.91. The number of carbonyl (C=O) groups is 1. The maximum Gasteiger partial charge on any atom is 0.573 e. The number of alkyl halides is 3. The minimum Gasteiger partial charge on any atom is -0.475 e. The fourth-order valence-electron chi connectivity index (χ4n) is 3.90. The van der Waals surface area contributed by atoms with E-state index in [9.17, 15) is 31.5 Å². The Bertz CT molecular complexity index is 1510. The van der Waals surface area contributed by atoms with E-state index >= 15 is 0 Å². The molecule has 0 atom stereocenters. The molecule has 4 rings (SSSR count). The monoisotopic (exact) mass is 533 g/mol. The number of hydrogen-bond donors (Lipinski definition) is 1. The van der Waals surface area contributed by atoms with Gasteiger partial charge in [-0.25, -0.2) is 13.2 Å². The topological polar surface area (TPSA) is 97.0 Å². The van der Waals surface area contributed by atoms with Gasteiger partial charge >= 0.3 is 12.3 Å². The van der Waals surface area contributed by atoms with E-state index in [-0.39, 0.29) is 29.3 Å². The second-order valence-corrected chi connectivity index (χ2v) is 10.2. The van der Waals surface area contributed by atoms with Gasteiger partial charge in [-0.15, -0.1) is 13.2 Å². The lowest BCUT2D eigenvalue weighted by Crippen LogP contribution is -2.32. The average Bonchev–Trinajstić information content (AvgIpc) is 3.18. The van der Waals surface area contributed by atoms with Crippen LogP contribution in [0.4, 0.5) is 13.2 Å². The highest BCUT2D eigenvalue weighted by Crippen LogP contribution is 2.30. The lowest BCUT2D eigenvalue weighted by atomic mass is 10.1. The lowest BCUT2D eigenvalue weighted by molar-refractivity contribution is -0.274. The Morgan fingerprint density at radius 3 is 2.30 bits per heavy atom. The van der Waals surface area contributed by atoms with E-state index in [4.69, 9.17) is 4.42 Å². The van der Waals surface area contributed by atoms with Crippen LogP contribution in [0.5, 0.6) is 5.75 Å². The van der Waals surface area contributed by atoms with Crippen molar-refractivity contribution in [2.45, 2.75) is 31.1 Å². The minimum atomic E-state index is -4.84. The van der Waals surface area contributed by atoms with Crippen molar-refractivity contribution in [1.82, 2.24) is 4.31 Å². The van der Waals surface area contributed by atoms with Gasteiger partial charge in [0.25, 0.3) is 0 Å². The number of benzene rings is 3. The number of halogens is 3. The Kier molecular flexibility index (Phi) is 7.28. The highest BCUT2D eigenvalue weighted by Gasteiger charge is 2.31. The van der Waals surface area contributed by atoms with Crippen molar-refractivity contribution in [2.24, 2.45) is 0 Å². The number of fused-ring (bicyclic) bond motifs is 1. The third kappa shape index (κ3) is 6.12. The molecule has 1 N–H and O–H groups in total. The van der Waals surface area contributed by atoms with Crippen LogP contribution in [-0.2, 0) is 23.0 Å². The summed E-state index contributed by atoms with van der Waals surface area (Å²) < 4.78 is 75.4. The molecule has 0 spiro atoms. The van der Waals surface area contributed by atoms with Gasteiger partial charge in [0.2, 0.25) is 15.8 Å². The Morgan fingerprint density at radius 1 is 1.00 bits per heavy atom. The molecular weight excluding hydrogens is 511 g/mol. The van der Waals surface area contributed by atoms with Crippen molar-refractivity contribution in [2.75, 3.05) is 6.54 Å². The Labute approximate surface area is 210 Å². The Hall–Kier alpha value is -3.83. The maximum atomic E-state index is 13.7. The zero-order chi connectivity index (χ0) is 26.8. The van der Waals surface area contributed by atoms with Crippen LogP contribution in [0.1, 0.15) is 27.2 Å². The van der Waals surface area contributed by atoms with Crippen LogP contribution in [-0.4, -0.2) is 36.7 Å². The van der Waals surface area contributed by atoms with Gasteiger partial charge in [-0.1, -0.05) is 42.5 Å². The molecule has 1 heterocycles. The molecule has 0 aliphatic carbocycles. The fraction of sp³-hybridized carbons (Fsp3) is 0.192. The molecule has 0 unspecified atom stereocenters. The van der Waals surface area contributed by atoms with E-state index in [1.54, 1.807) is 0 Å². The molecule has 0 amide bonds. The zero-order valence-electron chi connectivity index (χ0n) is 19.5. The zero-order valence-corrected chi connectivity index (χ0v) is 20.3. The summed E-state index contributed by atoms with van der Waals surface area (Å²) in [7, 11) is -4.09. The van der Waals surface area contributed by atoms with Crippen LogP contribution < -0.4 is 4.74 Å². The Balaban J connectivity index is 1.67. The number of furan rings is 1. The number of aryl methyl sites for hydroxylation is 1. The van der Waals surface area contributed by atoms with E-state index < -0.39 is 28.1 Å². The standard InChI is InChI=1S/C26H22F3NO6S/c1-17-22-15-21(11-12-23(22)35-24(17)25(31)32)37(33,34)30(14-13-18-5-3-2-4-6-18)16-19-7-9-20(10-8-19)36-26(27,28)29/h2-12,15H,13-14,16H2,1H3,(H,31,32). The first-order chi connectivity index (χ1) is 17.4. The number of sulfonamides is 1. The van der Waals surface area contributed by atoms with Crippen LogP contribution in [0.25, 0.3) is 11.0 Å². The fourth-order valence-corrected chi connectivity index (χ4v) is 5.35. The second kappa shape index (κ2) is 10.3. The van der Waals surface area contributed by atoms with Gasteiger partial charge in [-0.2, -0.15) is 4.31 Å². The molecule has 37 heavy (non-hydrogen) atoms. The molecule has 0 saturated carbocycles. The number of aromatic carboxylic acids is 1. The summed E-state index contributed by atoms with van der Waals surface area (Å²) in [5, 5.41) is 9.67. The van der Waals surface area contributed by atoms with Gasteiger partial charge in [0.15, 0.2) is 0 Å². The third-order valence-electron chi connectivity index (χ3n) is 5.75. The molecule has 3 aromatic carbocycles. The average molecular weight is 534 g/mol. The quantitative estimate of drug-likeness (QED) is 0.293. The molecule has 0 bridgehead atoms. The van der Waals surface area contributed by atoms with Gasteiger partial charge in [-0.05, 0) is 54.8 Å². The van der Waals surface area contributed by atoms with Gasteiger partial charge in [0.1, 0.15) is 11.3 Å². The van der Waals surface area contributed by atoms with Crippen LogP contribution in [0, 0.1) is 6.92 Å². The van der Waals surface area contributed by atoms with Gasteiger partial charge < -0.3 is 14.3 Å². The normalized spacial score (nSPS) is 12.2. The van der Waals surface area contributed by atoms with Crippen molar-refractivity contribution in [3.05, 3.63) is 95.2 Å². The molecule has 0 radical (unpaired) electrons. The molecule has 194 valence electrons. The van der Waals surface area contributed by atoms with E-state index in [2.05, 4.69) is 4.74 Å². The molecule has 1 aromatic heterocycles. The Morgan fingerprint density at radius 2 is 1.68 bits per heavy atom. The first kappa shape index (κ1) is 26.2. The molecule has 0 saturated heterocycles. The largest absolute Gasteiger partial charge is 0.573 e. The van der Waals surface area contributed by atoms with E-state index in [1.807, 2.05) is 30.3 Å². The summed E-state index contributed by atoms with van der Waals surface area (Å²) in [5.74, 6) is -1.95. The highest BCUT2D eigenvalue weighted by atomic mass is 32.2. The first-order valence-electron chi connectivity index (χ1n) is 11.1. The van der Waals surface area contributed by atoms with Crippen LogP contribution in [0.2, 0.25) is 0 Å². The van der Waals surface area contributed by atoms with Gasteiger partial charge in [0, 0.05) is 24.0 Å². The molecule has 0 aliphatic rings. The smallest absolute Gasteiger partial charge is 0.475 e. The van der Waals surface area contributed by atoms with Crippen molar-refractivity contribution >= 4 is 27.0 Å². The van der Waals surface area contributed by atoms with Crippen LogP contribution in [0.15, 0.2) is 82.1 Å². The van der Waals surface area contributed by atoms with Crippen molar-refractivity contribution in [3.8, 4) is 5.75 Å². The predicted octanol–water partition coefficient (Wildman–Crippen LogP) is 5.77. The molecule has 0 fully saturated rings. The molecular formula is C26H22F3NO6S. The third-order valence-corrected chi connectivity index (χ3v) is 7.59. The summed E-state index contributed by atoms with van der Waals surface area (Å²) in [4.78, 5) is 11.3. The van der Waals surface area contributed by atoms with E-state index in [0.717, 1.165) is 17.7 Å². The summed E-state index contributed by atoms with van der Waals surface area (Å²) >= 11 is 0. The SMILES string of the molecule is Cc1c(C(=O)O)oc2ccc(S(=O)(=O)N(CCc3ccccc3)Cc3ccc(OC(F)(F)F)cc3)cc12. The van der Waals surface area contributed by atoms with Crippen molar-refractivity contribution in [3.63, 3.8) is 0 Å². The van der Waals surface area contributed by atoms with E-state index in [0.29, 0.717) is 22.9 Å². The minimum absolute atomic E-state index is 0.0640. The summed E-state index contributed by atoms with van der Waals surface area (Å²) in [6.07, 6.45) is -4.44. The number of nitrogens with zero attached hydrogens (tertiary/aromatic N) is 1. The number of rotatable bonds is 9. The molecule has 0 aliphatic heterocycles. The van der Waals surface area contributed by atoms with Gasteiger partial charge in [-0.3, -0.25) is 0 Å². The van der Waals surface area contributed by atoms with E-state index in [1.165, 1.54) is 41.6 Å². The number of ether oxygens (including phenoxy) is 1. The molecule has 11 heteroatoms. The van der Waals surface area contributed by atoms with Gasteiger partial charge in [0.05, 0.1) is 4.90 Å². The second-order valence-electron chi connectivity index (χ2n) is 8.29.